The van der Waals surface area contributed by atoms with Crippen LogP contribution in [0.4, 0.5) is 0 Å². The van der Waals surface area contributed by atoms with Gasteiger partial charge in [-0.1, -0.05) is 26.0 Å². The first-order valence-corrected chi connectivity index (χ1v) is 7.12. The molecule has 19 heavy (non-hydrogen) atoms. The maximum Gasteiger partial charge on any atom is 0.110 e. The summed E-state index contributed by atoms with van der Waals surface area (Å²) in [6.45, 7) is 9.76. The molecule has 1 aromatic carbocycles. The normalized spacial score (nSPS) is 13.9. The third-order valence-electron chi connectivity index (χ3n) is 3.56. The molecule has 0 aliphatic carbocycles. The van der Waals surface area contributed by atoms with Crippen molar-refractivity contribution >= 4 is 11.0 Å². The molecule has 0 spiro atoms. The van der Waals surface area contributed by atoms with E-state index in [2.05, 4.69) is 50.5 Å². The Bertz CT molecular complexity index is 552. The number of aryl methyl sites for hydroxylation is 1. The summed E-state index contributed by atoms with van der Waals surface area (Å²) >= 11 is 0. The highest BCUT2D eigenvalue weighted by Crippen LogP contribution is 2.28. The van der Waals surface area contributed by atoms with Gasteiger partial charge in [0.2, 0.25) is 0 Å². The maximum absolute atomic E-state index is 5.95. The topological polar surface area (TPSA) is 43.8 Å². The Morgan fingerprint density at radius 1 is 1.32 bits per heavy atom. The van der Waals surface area contributed by atoms with Gasteiger partial charge >= 0.3 is 0 Å². The third-order valence-corrected chi connectivity index (χ3v) is 3.56. The van der Waals surface area contributed by atoms with Crippen LogP contribution in [-0.4, -0.2) is 15.6 Å². The van der Waals surface area contributed by atoms with Crippen LogP contribution in [0.5, 0.6) is 0 Å². The standard InChI is InChI=1S/C16H25N3/c1-5-19-14-9-7-6-8-13(14)18-15(19)11-16(3,4)10-12(2)17/h6-9,12H,5,10-11,17H2,1-4H3. The van der Waals surface area contributed by atoms with Crippen molar-refractivity contribution in [2.45, 2.75) is 53.1 Å². The van der Waals surface area contributed by atoms with Crippen LogP contribution in [0, 0.1) is 5.41 Å². The zero-order chi connectivity index (χ0) is 14.0. The van der Waals surface area contributed by atoms with E-state index >= 15 is 0 Å². The lowest BCUT2D eigenvalue weighted by Gasteiger charge is -2.26. The fraction of sp³-hybridized carbons (Fsp3) is 0.562. The largest absolute Gasteiger partial charge is 0.328 e. The van der Waals surface area contributed by atoms with Gasteiger partial charge in [0.25, 0.3) is 0 Å². The number of hydrogen-bond acceptors (Lipinski definition) is 2. The Balaban J connectivity index is 2.34. The van der Waals surface area contributed by atoms with Crippen molar-refractivity contribution in [3.8, 4) is 0 Å². The number of nitrogens with zero attached hydrogens (tertiary/aromatic N) is 2. The van der Waals surface area contributed by atoms with Gasteiger partial charge in [-0.2, -0.15) is 0 Å². The van der Waals surface area contributed by atoms with Gasteiger partial charge in [-0.15, -0.1) is 0 Å². The predicted octanol–water partition coefficient (Wildman–Crippen LogP) is 3.36. The van der Waals surface area contributed by atoms with E-state index in [1.54, 1.807) is 0 Å². The zero-order valence-electron chi connectivity index (χ0n) is 12.5. The van der Waals surface area contributed by atoms with Crippen LogP contribution in [0.2, 0.25) is 0 Å². The molecule has 2 aromatic rings. The van der Waals surface area contributed by atoms with E-state index in [1.807, 2.05) is 6.07 Å². The number of rotatable bonds is 5. The SMILES string of the molecule is CCn1c(CC(C)(C)CC(C)N)nc2ccccc21. The van der Waals surface area contributed by atoms with Crippen LogP contribution in [0.3, 0.4) is 0 Å². The molecule has 1 atom stereocenters. The summed E-state index contributed by atoms with van der Waals surface area (Å²) < 4.78 is 2.32. The molecule has 1 aromatic heterocycles. The van der Waals surface area contributed by atoms with Gasteiger partial charge in [-0.3, -0.25) is 0 Å². The molecule has 0 aliphatic heterocycles. The first-order valence-electron chi connectivity index (χ1n) is 7.12. The Morgan fingerprint density at radius 3 is 2.63 bits per heavy atom. The van der Waals surface area contributed by atoms with E-state index in [1.165, 1.54) is 11.3 Å². The number of hydrogen-bond donors (Lipinski definition) is 1. The molecule has 0 radical (unpaired) electrons. The average molecular weight is 259 g/mol. The monoisotopic (exact) mass is 259 g/mol. The molecule has 1 heterocycles. The Hall–Kier alpha value is -1.35. The Morgan fingerprint density at radius 2 is 2.00 bits per heavy atom. The third kappa shape index (κ3) is 3.16. The van der Waals surface area contributed by atoms with Gasteiger partial charge in [0.1, 0.15) is 5.82 Å². The van der Waals surface area contributed by atoms with Crippen molar-refractivity contribution < 1.29 is 0 Å². The van der Waals surface area contributed by atoms with E-state index in [4.69, 9.17) is 10.7 Å². The number of benzene rings is 1. The molecular weight excluding hydrogens is 234 g/mol. The quantitative estimate of drug-likeness (QED) is 0.894. The molecule has 0 saturated carbocycles. The minimum absolute atomic E-state index is 0.183. The first kappa shape index (κ1) is 14.1. The minimum Gasteiger partial charge on any atom is -0.328 e. The summed E-state index contributed by atoms with van der Waals surface area (Å²) in [6, 6.07) is 8.59. The minimum atomic E-state index is 0.183. The second kappa shape index (κ2) is 5.33. The molecular formula is C16H25N3. The van der Waals surface area contributed by atoms with Gasteiger partial charge in [-0.25, -0.2) is 4.98 Å². The molecule has 2 N–H and O–H groups in total. The van der Waals surface area contributed by atoms with Crippen molar-refractivity contribution in [3.05, 3.63) is 30.1 Å². The maximum atomic E-state index is 5.95. The van der Waals surface area contributed by atoms with Gasteiger partial charge in [0.15, 0.2) is 0 Å². The Labute approximate surface area is 115 Å². The molecule has 104 valence electrons. The Kier molecular flexibility index (Phi) is 3.95. The van der Waals surface area contributed by atoms with Gasteiger partial charge < -0.3 is 10.3 Å². The van der Waals surface area contributed by atoms with Gasteiger partial charge in [-0.05, 0) is 37.8 Å². The summed E-state index contributed by atoms with van der Waals surface area (Å²) in [4.78, 5) is 4.80. The van der Waals surface area contributed by atoms with Crippen LogP contribution in [0.25, 0.3) is 11.0 Å². The van der Waals surface area contributed by atoms with Crippen molar-refractivity contribution in [2.24, 2.45) is 11.1 Å². The fourth-order valence-electron chi connectivity index (χ4n) is 2.99. The van der Waals surface area contributed by atoms with Gasteiger partial charge in [0, 0.05) is 19.0 Å². The summed E-state index contributed by atoms with van der Waals surface area (Å²) in [7, 11) is 0. The summed E-state index contributed by atoms with van der Waals surface area (Å²) in [5.41, 5.74) is 8.46. The lowest BCUT2D eigenvalue weighted by atomic mass is 9.83. The molecule has 1 unspecified atom stereocenters. The van der Waals surface area contributed by atoms with Crippen LogP contribution < -0.4 is 5.73 Å². The van der Waals surface area contributed by atoms with E-state index in [9.17, 15) is 0 Å². The van der Waals surface area contributed by atoms with Crippen LogP contribution >= 0.6 is 0 Å². The second-order valence-corrected chi connectivity index (χ2v) is 6.28. The van der Waals surface area contributed by atoms with Crippen LogP contribution in [0.1, 0.15) is 39.9 Å². The number of aromatic nitrogens is 2. The van der Waals surface area contributed by atoms with Crippen LogP contribution in [0.15, 0.2) is 24.3 Å². The highest BCUT2D eigenvalue weighted by atomic mass is 15.1. The number of fused-ring (bicyclic) bond motifs is 1. The molecule has 3 heteroatoms. The zero-order valence-corrected chi connectivity index (χ0v) is 12.5. The molecule has 0 aliphatic rings. The van der Waals surface area contributed by atoms with Crippen molar-refractivity contribution in [1.82, 2.24) is 9.55 Å². The lowest BCUT2D eigenvalue weighted by Crippen LogP contribution is -2.27. The molecule has 2 rings (SSSR count). The van der Waals surface area contributed by atoms with Crippen molar-refractivity contribution in [1.29, 1.82) is 0 Å². The molecule has 0 bridgehead atoms. The fourth-order valence-corrected chi connectivity index (χ4v) is 2.99. The average Bonchev–Trinajstić information content (AvgIpc) is 2.62. The second-order valence-electron chi connectivity index (χ2n) is 6.28. The van der Waals surface area contributed by atoms with E-state index in [-0.39, 0.29) is 11.5 Å². The smallest absolute Gasteiger partial charge is 0.110 e. The lowest BCUT2D eigenvalue weighted by molar-refractivity contribution is 0.300. The summed E-state index contributed by atoms with van der Waals surface area (Å²) in [5.74, 6) is 1.18. The summed E-state index contributed by atoms with van der Waals surface area (Å²) in [6.07, 6.45) is 1.98. The van der Waals surface area contributed by atoms with Gasteiger partial charge in [0.05, 0.1) is 11.0 Å². The molecule has 3 nitrogen and oxygen atoms in total. The molecule has 0 saturated heterocycles. The van der Waals surface area contributed by atoms with Crippen molar-refractivity contribution in [2.75, 3.05) is 0 Å². The van der Waals surface area contributed by atoms with E-state index in [0.717, 1.165) is 24.9 Å². The molecule has 0 amide bonds. The van der Waals surface area contributed by atoms with Crippen molar-refractivity contribution in [3.63, 3.8) is 0 Å². The number of nitrogens with two attached hydrogens (primary N) is 1. The van der Waals surface area contributed by atoms with E-state index in [0.29, 0.717) is 0 Å². The van der Waals surface area contributed by atoms with Crippen LogP contribution in [-0.2, 0) is 13.0 Å². The predicted molar refractivity (Wildman–Crippen MR) is 81.2 cm³/mol. The highest BCUT2D eigenvalue weighted by Gasteiger charge is 2.23. The van der Waals surface area contributed by atoms with E-state index < -0.39 is 0 Å². The number of para-hydroxylation sites is 2. The first-order chi connectivity index (χ1) is 8.93. The number of imidazole rings is 1. The highest BCUT2D eigenvalue weighted by molar-refractivity contribution is 5.75. The molecule has 0 fully saturated rings. The summed E-state index contributed by atoms with van der Waals surface area (Å²) in [5, 5.41) is 0.